The normalized spacial score (nSPS) is 15.3. The maximum Gasteiger partial charge on any atom is 0.262 e. The van der Waals surface area contributed by atoms with E-state index in [1.54, 1.807) is 22.8 Å². The van der Waals surface area contributed by atoms with Gasteiger partial charge in [-0.2, -0.15) is 0 Å². The van der Waals surface area contributed by atoms with Gasteiger partial charge in [-0.15, -0.1) is 0 Å². The molecular formula is C31H32N4O4S. The van der Waals surface area contributed by atoms with Crippen LogP contribution in [0.25, 0.3) is 10.9 Å². The molecule has 206 valence electrons. The van der Waals surface area contributed by atoms with Gasteiger partial charge in [-0.1, -0.05) is 49.0 Å². The third kappa shape index (κ3) is 5.51. The molecule has 8 nitrogen and oxygen atoms in total. The fraction of sp³-hybridized carbons (Fsp3) is 0.323. The number of anilines is 2. The highest BCUT2D eigenvalue weighted by Crippen LogP contribution is 2.35. The number of amides is 1. The van der Waals surface area contributed by atoms with E-state index < -0.39 is 5.25 Å². The van der Waals surface area contributed by atoms with Crippen molar-refractivity contribution in [3.05, 3.63) is 82.6 Å². The summed E-state index contributed by atoms with van der Waals surface area (Å²) >= 11 is 1.32. The fourth-order valence-corrected chi connectivity index (χ4v) is 6.19. The summed E-state index contributed by atoms with van der Waals surface area (Å²) in [6, 6.07) is 21.2. The van der Waals surface area contributed by atoms with E-state index in [4.69, 9.17) is 14.5 Å². The third-order valence-corrected chi connectivity index (χ3v) is 8.71. The number of carbonyl (C=O) groups excluding carboxylic acids is 1. The molecule has 1 fully saturated rings. The fourth-order valence-electron chi connectivity index (χ4n) is 5.18. The van der Waals surface area contributed by atoms with Gasteiger partial charge in [0.25, 0.3) is 5.56 Å². The van der Waals surface area contributed by atoms with Gasteiger partial charge in [0.05, 0.1) is 22.7 Å². The number of aromatic nitrogens is 2. The Labute approximate surface area is 237 Å². The van der Waals surface area contributed by atoms with Gasteiger partial charge in [-0.25, -0.2) is 4.98 Å². The van der Waals surface area contributed by atoms with Crippen LogP contribution in [0, 0.1) is 0 Å². The molecule has 2 aliphatic rings. The van der Waals surface area contributed by atoms with Crippen LogP contribution in [0.1, 0.15) is 38.2 Å². The molecule has 0 aliphatic carbocycles. The van der Waals surface area contributed by atoms with Gasteiger partial charge in [0.15, 0.2) is 16.7 Å². The minimum absolute atomic E-state index is 0.0961. The molecule has 1 saturated heterocycles. The van der Waals surface area contributed by atoms with Gasteiger partial charge in [0, 0.05) is 30.5 Å². The second kappa shape index (κ2) is 11.6. The summed E-state index contributed by atoms with van der Waals surface area (Å²) in [6.07, 6.45) is 4.14. The summed E-state index contributed by atoms with van der Waals surface area (Å²) < 4.78 is 12.5. The summed E-state index contributed by atoms with van der Waals surface area (Å²) in [5, 5.41) is 3.66. The predicted octanol–water partition coefficient (Wildman–Crippen LogP) is 5.67. The molecule has 1 N–H and O–H groups in total. The summed E-state index contributed by atoms with van der Waals surface area (Å²) in [7, 11) is 0. The lowest BCUT2D eigenvalue weighted by Gasteiger charge is -2.29. The summed E-state index contributed by atoms with van der Waals surface area (Å²) in [5.74, 6) is 1.11. The number of rotatable bonds is 8. The van der Waals surface area contributed by atoms with E-state index in [1.165, 1.54) is 18.2 Å². The summed E-state index contributed by atoms with van der Waals surface area (Å²) in [6.45, 7) is 4.51. The maximum atomic E-state index is 14.0. The standard InChI is InChI=1S/C31H32N4O4S/c1-2-28(29(36)32-22-11-14-26-27(17-22)39-20-38-26)40-31-33-25-13-12-23(34-15-7-4-8-16-34)18-24(25)30(37)35(31)19-21-9-5-3-6-10-21/h3,5-6,9-14,17-18,28H,2,4,7-8,15-16,19-20H2,1H3,(H,32,36)/t28-/m0/s1. The Kier molecular flexibility index (Phi) is 7.64. The van der Waals surface area contributed by atoms with Crippen molar-refractivity contribution in [1.82, 2.24) is 9.55 Å². The first-order chi connectivity index (χ1) is 19.6. The number of carbonyl (C=O) groups is 1. The van der Waals surface area contributed by atoms with Crippen LogP contribution in [0.3, 0.4) is 0 Å². The average Bonchev–Trinajstić information content (AvgIpc) is 3.46. The lowest BCUT2D eigenvalue weighted by atomic mass is 10.1. The Morgan fingerprint density at radius 3 is 2.60 bits per heavy atom. The van der Waals surface area contributed by atoms with Crippen LogP contribution in [0.15, 0.2) is 76.7 Å². The molecule has 0 spiro atoms. The van der Waals surface area contributed by atoms with Crippen LogP contribution in [-0.2, 0) is 11.3 Å². The molecule has 40 heavy (non-hydrogen) atoms. The van der Waals surface area contributed by atoms with Crippen LogP contribution in [0.5, 0.6) is 11.5 Å². The van der Waals surface area contributed by atoms with Crippen LogP contribution in [0.2, 0.25) is 0 Å². The Hall–Kier alpha value is -3.98. The Balaban J connectivity index is 1.33. The highest BCUT2D eigenvalue weighted by Gasteiger charge is 2.24. The van der Waals surface area contributed by atoms with Crippen molar-refractivity contribution in [2.75, 3.05) is 30.1 Å². The van der Waals surface area contributed by atoms with Crippen LogP contribution >= 0.6 is 11.8 Å². The number of hydrogen-bond donors (Lipinski definition) is 1. The quantitative estimate of drug-likeness (QED) is 0.221. The Bertz CT molecular complexity index is 1580. The largest absolute Gasteiger partial charge is 0.454 e. The van der Waals surface area contributed by atoms with Crippen LogP contribution in [-0.4, -0.2) is 40.6 Å². The molecule has 3 aromatic carbocycles. The molecule has 1 aromatic heterocycles. The minimum atomic E-state index is -0.454. The average molecular weight is 557 g/mol. The molecule has 1 atom stereocenters. The second-order valence-electron chi connectivity index (χ2n) is 10.1. The zero-order chi connectivity index (χ0) is 27.5. The number of hydrogen-bond acceptors (Lipinski definition) is 7. The van der Waals surface area contributed by atoms with E-state index in [-0.39, 0.29) is 18.3 Å². The zero-order valence-corrected chi connectivity index (χ0v) is 23.3. The minimum Gasteiger partial charge on any atom is -0.454 e. The van der Waals surface area contributed by atoms with Crippen molar-refractivity contribution in [3.8, 4) is 11.5 Å². The number of benzene rings is 3. The molecule has 6 rings (SSSR count). The number of nitrogens with one attached hydrogen (secondary N) is 1. The van der Waals surface area contributed by atoms with Crippen molar-refractivity contribution >= 4 is 39.9 Å². The summed E-state index contributed by atoms with van der Waals surface area (Å²) in [5.41, 5.74) is 3.24. The van der Waals surface area contributed by atoms with Crippen LogP contribution < -0.4 is 25.2 Å². The topological polar surface area (TPSA) is 85.7 Å². The Morgan fingerprint density at radius 2 is 1.80 bits per heavy atom. The number of ether oxygens (including phenoxy) is 2. The van der Waals surface area contributed by atoms with Gasteiger partial charge in [-0.3, -0.25) is 14.2 Å². The van der Waals surface area contributed by atoms with Gasteiger partial charge < -0.3 is 19.7 Å². The number of piperidine rings is 1. The molecule has 1 amide bonds. The second-order valence-corrected chi connectivity index (χ2v) is 11.3. The third-order valence-electron chi connectivity index (χ3n) is 7.36. The highest BCUT2D eigenvalue weighted by molar-refractivity contribution is 8.00. The SMILES string of the molecule is CC[C@H](Sc1nc2ccc(N3CCCCC3)cc2c(=O)n1Cc1ccccc1)C(=O)Nc1ccc2c(c1)OCO2. The van der Waals surface area contributed by atoms with E-state index in [1.807, 2.05) is 49.4 Å². The molecule has 3 heterocycles. The van der Waals surface area contributed by atoms with Gasteiger partial charge in [0.2, 0.25) is 12.7 Å². The van der Waals surface area contributed by atoms with Gasteiger partial charge in [-0.05, 0) is 61.6 Å². The molecule has 9 heteroatoms. The molecule has 2 aliphatic heterocycles. The van der Waals surface area contributed by atoms with Crippen molar-refractivity contribution in [1.29, 1.82) is 0 Å². The van der Waals surface area contributed by atoms with E-state index in [0.29, 0.717) is 46.2 Å². The molecule has 0 saturated carbocycles. The van der Waals surface area contributed by atoms with Crippen molar-refractivity contribution in [3.63, 3.8) is 0 Å². The molecular weight excluding hydrogens is 524 g/mol. The Morgan fingerprint density at radius 1 is 1.00 bits per heavy atom. The summed E-state index contributed by atoms with van der Waals surface area (Å²) in [4.78, 5) is 34.6. The molecule has 0 bridgehead atoms. The van der Waals surface area contributed by atoms with Crippen molar-refractivity contribution in [2.24, 2.45) is 0 Å². The lowest BCUT2D eigenvalue weighted by Crippen LogP contribution is -2.30. The van der Waals surface area contributed by atoms with Crippen LogP contribution in [0.4, 0.5) is 11.4 Å². The van der Waals surface area contributed by atoms with Gasteiger partial charge in [0.1, 0.15) is 0 Å². The predicted molar refractivity (Wildman–Crippen MR) is 159 cm³/mol. The van der Waals surface area contributed by atoms with Crippen molar-refractivity contribution in [2.45, 2.75) is 49.6 Å². The zero-order valence-electron chi connectivity index (χ0n) is 22.5. The first kappa shape index (κ1) is 26.3. The molecule has 0 radical (unpaired) electrons. The van der Waals surface area contributed by atoms with Gasteiger partial charge >= 0.3 is 0 Å². The molecule has 0 unspecified atom stereocenters. The van der Waals surface area contributed by atoms with E-state index in [9.17, 15) is 9.59 Å². The monoisotopic (exact) mass is 556 g/mol. The first-order valence-corrected chi connectivity index (χ1v) is 14.7. The lowest BCUT2D eigenvalue weighted by molar-refractivity contribution is -0.115. The maximum absolute atomic E-state index is 14.0. The van der Waals surface area contributed by atoms with E-state index >= 15 is 0 Å². The molecule has 4 aromatic rings. The van der Waals surface area contributed by atoms with E-state index in [2.05, 4.69) is 16.3 Å². The smallest absolute Gasteiger partial charge is 0.262 e. The number of nitrogens with zero attached hydrogens (tertiary/aromatic N) is 3. The number of fused-ring (bicyclic) bond motifs is 2. The number of thioether (sulfide) groups is 1. The van der Waals surface area contributed by atoms with Crippen molar-refractivity contribution < 1.29 is 14.3 Å². The van der Waals surface area contributed by atoms with E-state index in [0.717, 1.165) is 37.2 Å². The first-order valence-electron chi connectivity index (χ1n) is 13.8. The highest BCUT2D eigenvalue weighted by atomic mass is 32.2.